The normalized spacial score (nSPS) is 10.8. The zero-order valence-corrected chi connectivity index (χ0v) is 15.7. The number of nitrogens with zero attached hydrogens (tertiary/aromatic N) is 4. The van der Waals surface area contributed by atoms with E-state index >= 15 is 0 Å². The highest BCUT2D eigenvalue weighted by molar-refractivity contribution is 9.10. The number of esters is 1. The van der Waals surface area contributed by atoms with Crippen LogP contribution in [-0.2, 0) is 4.74 Å². The minimum absolute atomic E-state index is 0.0307. The summed E-state index contributed by atoms with van der Waals surface area (Å²) < 4.78 is 11.6. The van der Waals surface area contributed by atoms with Crippen molar-refractivity contribution in [3.05, 3.63) is 49.8 Å². The Labute approximate surface area is 159 Å². The van der Waals surface area contributed by atoms with Crippen molar-refractivity contribution in [1.29, 1.82) is 0 Å². The predicted molar refractivity (Wildman–Crippen MR) is 96.1 cm³/mol. The largest absolute Gasteiger partial charge is 0.494 e. The fourth-order valence-electron chi connectivity index (χ4n) is 2.42. The predicted octanol–water partition coefficient (Wildman–Crippen LogP) is 3.54. The van der Waals surface area contributed by atoms with Crippen molar-refractivity contribution in [2.75, 3.05) is 14.2 Å². The van der Waals surface area contributed by atoms with Crippen LogP contribution in [0.15, 0.2) is 28.9 Å². The van der Waals surface area contributed by atoms with Crippen LogP contribution in [0.4, 0.5) is 5.69 Å². The molecule has 134 valence electrons. The summed E-state index contributed by atoms with van der Waals surface area (Å²) in [6, 6.07) is 4.25. The molecule has 0 bridgehead atoms. The van der Waals surface area contributed by atoms with Crippen LogP contribution in [0.3, 0.4) is 0 Å². The lowest BCUT2D eigenvalue weighted by Gasteiger charge is -2.10. The second kappa shape index (κ2) is 6.89. The molecule has 3 aromatic rings. The molecule has 0 spiro atoms. The third-order valence-corrected chi connectivity index (χ3v) is 4.43. The van der Waals surface area contributed by atoms with Gasteiger partial charge in [-0.3, -0.25) is 10.1 Å². The Kier molecular flexibility index (Phi) is 4.79. The molecule has 0 unspecified atom stereocenters. The van der Waals surface area contributed by atoms with Gasteiger partial charge in [0.2, 0.25) is 0 Å². The van der Waals surface area contributed by atoms with E-state index in [0.29, 0.717) is 16.6 Å². The standard InChI is InChI=1S/C15H10BrClN4O5/c1-25-12-4-10(21(23)24)8(16)3-11(12)20-9-5-13(17)18-6-7(9)14(19-20)15(22)26-2/h3-6H,1-2H3. The molecule has 2 heterocycles. The van der Waals surface area contributed by atoms with Crippen LogP contribution >= 0.6 is 27.5 Å². The Hall–Kier alpha value is -2.72. The molecule has 3 rings (SSSR count). The highest BCUT2D eigenvalue weighted by Crippen LogP contribution is 2.36. The quantitative estimate of drug-likeness (QED) is 0.263. The summed E-state index contributed by atoms with van der Waals surface area (Å²) in [5.74, 6) is -0.466. The number of benzene rings is 1. The molecular weight excluding hydrogens is 432 g/mol. The number of ether oxygens (including phenoxy) is 2. The van der Waals surface area contributed by atoms with Crippen LogP contribution in [-0.4, -0.2) is 39.9 Å². The number of fused-ring (bicyclic) bond motifs is 1. The van der Waals surface area contributed by atoms with Crippen molar-refractivity contribution >= 4 is 50.1 Å². The van der Waals surface area contributed by atoms with Crippen LogP contribution in [0, 0.1) is 10.1 Å². The molecule has 1 aromatic carbocycles. The monoisotopic (exact) mass is 440 g/mol. The topological polar surface area (TPSA) is 109 Å². The van der Waals surface area contributed by atoms with E-state index in [0.717, 1.165) is 0 Å². The second-order valence-electron chi connectivity index (χ2n) is 5.01. The summed E-state index contributed by atoms with van der Waals surface area (Å²) >= 11 is 9.14. The van der Waals surface area contributed by atoms with Gasteiger partial charge in [0.15, 0.2) is 11.4 Å². The van der Waals surface area contributed by atoms with Crippen LogP contribution in [0.2, 0.25) is 5.15 Å². The van der Waals surface area contributed by atoms with E-state index in [4.69, 9.17) is 21.1 Å². The molecule has 9 nitrogen and oxygen atoms in total. The first-order chi connectivity index (χ1) is 12.4. The zero-order chi connectivity index (χ0) is 19.0. The highest BCUT2D eigenvalue weighted by Gasteiger charge is 2.24. The Balaban J connectivity index is 2.35. The van der Waals surface area contributed by atoms with E-state index in [1.165, 1.54) is 43.3 Å². The summed E-state index contributed by atoms with van der Waals surface area (Å²) in [6.45, 7) is 0. The van der Waals surface area contributed by atoms with Gasteiger partial charge in [-0.1, -0.05) is 11.6 Å². The van der Waals surface area contributed by atoms with Gasteiger partial charge in [-0.15, -0.1) is 0 Å². The zero-order valence-electron chi connectivity index (χ0n) is 13.4. The Morgan fingerprint density at radius 2 is 2.08 bits per heavy atom. The first-order valence-electron chi connectivity index (χ1n) is 7.02. The number of rotatable bonds is 4. The summed E-state index contributed by atoms with van der Waals surface area (Å²) in [6.07, 6.45) is 1.40. The fraction of sp³-hybridized carbons (Fsp3) is 0.133. The van der Waals surface area contributed by atoms with Gasteiger partial charge in [-0.25, -0.2) is 14.5 Å². The molecular formula is C15H10BrClN4O5. The molecule has 0 saturated heterocycles. The summed E-state index contributed by atoms with van der Waals surface area (Å²) in [5, 5.41) is 16.0. The molecule has 2 aromatic heterocycles. The molecule has 0 N–H and O–H groups in total. The minimum Gasteiger partial charge on any atom is -0.494 e. The van der Waals surface area contributed by atoms with Crippen molar-refractivity contribution < 1.29 is 19.2 Å². The van der Waals surface area contributed by atoms with E-state index in [2.05, 4.69) is 26.0 Å². The van der Waals surface area contributed by atoms with Gasteiger partial charge in [0.1, 0.15) is 10.8 Å². The number of carbonyl (C=O) groups is 1. The maximum atomic E-state index is 12.0. The molecule has 0 aliphatic heterocycles. The fourth-order valence-corrected chi connectivity index (χ4v) is 3.05. The highest BCUT2D eigenvalue weighted by atomic mass is 79.9. The number of carbonyl (C=O) groups excluding carboxylic acids is 1. The van der Waals surface area contributed by atoms with E-state index in [9.17, 15) is 14.9 Å². The molecule has 0 atom stereocenters. The van der Waals surface area contributed by atoms with Gasteiger partial charge in [-0.2, -0.15) is 5.10 Å². The maximum Gasteiger partial charge on any atom is 0.359 e. The van der Waals surface area contributed by atoms with E-state index in [1.54, 1.807) is 0 Å². The van der Waals surface area contributed by atoms with Crippen molar-refractivity contribution in [3.63, 3.8) is 0 Å². The van der Waals surface area contributed by atoms with Gasteiger partial charge in [0.05, 0.1) is 40.6 Å². The second-order valence-corrected chi connectivity index (χ2v) is 6.25. The van der Waals surface area contributed by atoms with Crippen molar-refractivity contribution in [3.8, 4) is 11.4 Å². The van der Waals surface area contributed by atoms with Crippen LogP contribution in [0.25, 0.3) is 16.6 Å². The van der Waals surface area contributed by atoms with E-state index in [1.807, 2.05) is 0 Å². The first kappa shape index (κ1) is 18.1. The van der Waals surface area contributed by atoms with Crippen LogP contribution in [0.1, 0.15) is 10.5 Å². The van der Waals surface area contributed by atoms with Gasteiger partial charge >= 0.3 is 5.97 Å². The van der Waals surface area contributed by atoms with E-state index < -0.39 is 10.9 Å². The number of hydrogen-bond acceptors (Lipinski definition) is 7. The van der Waals surface area contributed by atoms with Crippen molar-refractivity contribution in [2.24, 2.45) is 0 Å². The third-order valence-electron chi connectivity index (χ3n) is 3.58. The number of halogens is 2. The van der Waals surface area contributed by atoms with Crippen molar-refractivity contribution in [1.82, 2.24) is 14.8 Å². The number of nitro groups is 1. The van der Waals surface area contributed by atoms with Gasteiger partial charge in [0, 0.05) is 12.3 Å². The number of nitro benzene ring substituents is 1. The summed E-state index contributed by atoms with van der Waals surface area (Å²) in [5.41, 5.74) is 0.690. The van der Waals surface area contributed by atoms with Crippen LogP contribution in [0.5, 0.6) is 5.75 Å². The molecule has 0 saturated carbocycles. The number of pyridine rings is 1. The third kappa shape index (κ3) is 2.97. The number of aromatic nitrogens is 3. The van der Waals surface area contributed by atoms with Gasteiger partial charge in [0.25, 0.3) is 5.69 Å². The minimum atomic E-state index is -0.655. The average molecular weight is 442 g/mol. The lowest BCUT2D eigenvalue weighted by molar-refractivity contribution is -0.385. The summed E-state index contributed by atoms with van der Waals surface area (Å²) in [4.78, 5) is 26.6. The van der Waals surface area contributed by atoms with Crippen LogP contribution < -0.4 is 4.74 Å². The molecule has 0 aliphatic rings. The molecule has 0 amide bonds. The lowest BCUT2D eigenvalue weighted by Crippen LogP contribution is -2.06. The molecule has 0 fully saturated rings. The Bertz CT molecular complexity index is 1050. The van der Waals surface area contributed by atoms with Gasteiger partial charge < -0.3 is 9.47 Å². The molecule has 0 radical (unpaired) electrons. The first-order valence-corrected chi connectivity index (χ1v) is 8.19. The Morgan fingerprint density at radius 3 is 2.69 bits per heavy atom. The van der Waals surface area contributed by atoms with Gasteiger partial charge in [-0.05, 0) is 22.0 Å². The molecule has 0 aliphatic carbocycles. The summed E-state index contributed by atoms with van der Waals surface area (Å²) in [7, 11) is 2.61. The SMILES string of the molecule is COC(=O)c1nn(-c2cc(Br)c([N+](=O)[O-])cc2OC)c2cc(Cl)ncc12. The average Bonchev–Trinajstić information content (AvgIpc) is 2.98. The number of methoxy groups -OCH3 is 2. The molecule has 26 heavy (non-hydrogen) atoms. The van der Waals surface area contributed by atoms with Crippen molar-refractivity contribution in [2.45, 2.75) is 0 Å². The Morgan fingerprint density at radius 1 is 1.35 bits per heavy atom. The lowest BCUT2D eigenvalue weighted by atomic mass is 10.2. The molecule has 11 heteroatoms. The smallest absolute Gasteiger partial charge is 0.359 e. The number of hydrogen-bond donors (Lipinski definition) is 0. The maximum absolute atomic E-state index is 12.0. The van der Waals surface area contributed by atoms with E-state index in [-0.39, 0.29) is 26.8 Å².